The number of thiophene rings is 1. The Morgan fingerprint density at radius 2 is 2.17 bits per heavy atom. The fraction of sp³-hybridized carbons (Fsp3) is 0.188. The van der Waals surface area contributed by atoms with E-state index in [1.807, 2.05) is 16.8 Å². The van der Waals surface area contributed by atoms with Gasteiger partial charge in [0.05, 0.1) is 0 Å². The molecule has 0 aliphatic heterocycles. The molecule has 0 aliphatic rings. The second-order valence-electron chi connectivity index (χ2n) is 5.04. The van der Waals surface area contributed by atoms with Crippen LogP contribution in [0.5, 0.6) is 0 Å². The van der Waals surface area contributed by atoms with Crippen molar-refractivity contribution in [1.29, 1.82) is 0 Å². The van der Waals surface area contributed by atoms with E-state index in [1.165, 1.54) is 0 Å². The minimum Gasteiger partial charge on any atom is -0.352 e. The number of rotatable bonds is 6. The molecule has 0 unspecified atom stereocenters. The largest absolute Gasteiger partial charge is 0.352 e. The predicted molar refractivity (Wildman–Crippen MR) is 94.2 cm³/mol. The molecule has 0 atom stereocenters. The van der Waals surface area contributed by atoms with Crippen LogP contribution in [0.2, 0.25) is 10.0 Å². The van der Waals surface area contributed by atoms with Crippen LogP contribution in [0.3, 0.4) is 0 Å². The van der Waals surface area contributed by atoms with Gasteiger partial charge in [-0.2, -0.15) is 16.3 Å². The molecule has 3 rings (SSSR count). The van der Waals surface area contributed by atoms with Crippen molar-refractivity contribution in [2.75, 3.05) is 0 Å². The number of amides is 1. The topological polar surface area (TPSA) is 68.0 Å². The van der Waals surface area contributed by atoms with Crippen LogP contribution in [0.25, 0.3) is 11.4 Å². The Bertz CT molecular complexity index is 834. The molecule has 3 aromatic rings. The average Bonchev–Trinajstić information content (AvgIpc) is 3.23. The number of halogens is 2. The molecule has 0 aliphatic carbocycles. The maximum Gasteiger partial charge on any atom is 0.227 e. The van der Waals surface area contributed by atoms with Crippen molar-refractivity contribution in [3.63, 3.8) is 0 Å². The Morgan fingerprint density at radius 1 is 1.29 bits per heavy atom. The van der Waals surface area contributed by atoms with E-state index in [2.05, 4.69) is 15.5 Å². The molecular formula is C16H13Cl2N3O2S. The van der Waals surface area contributed by atoms with Crippen LogP contribution in [0, 0.1) is 0 Å². The lowest BCUT2D eigenvalue weighted by atomic mass is 10.2. The lowest BCUT2D eigenvalue weighted by Crippen LogP contribution is -2.23. The van der Waals surface area contributed by atoms with Crippen molar-refractivity contribution in [3.05, 3.63) is 56.5 Å². The number of carbonyl (C=O) groups is 1. The monoisotopic (exact) mass is 381 g/mol. The van der Waals surface area contributed by atoms with Crippen molar-refractivity contribution in [3.8, 4) is 11.4 Å². The zero-order valence-electron chi connectivity index (χ0n) is 12.5. The summed E-state index contributed by atoms with van der Waals surface area (Å²) in [5.74, 6) is 0.867. The first kappa shape index (κ1) is 17.0. The summed E-state index contributed by atoms with van der Waals surface area (Å²) >= 11 is 13.5. The van der Waals surface area contributed by atoms with Crippen molar-refractivity contribution in [2.45, 2.75) is 19.4 Å². The highest BCUT2D eigenvalue weighted by Crippen LogP contribution is 2.21. The Kier molecular flexibility index (Phi) is 5.50. The van der Waals surface area contributed by atoms with Crippen LogP contribution >= 0.6 is 34.5 Å². The summed E-state index contributed by atoms with van der Waals surface area (Å²) < 4.78 is 5.16. The molecule has 24 heavy (non-hydrogen) atoms. The Morgan fingerprint density at radius 3 is 2.92 bits per heavy atom. The van der Waals surface area contributed by atoms with E-state index < -0.39 is 0 Å². The SMILES string of the molecule is O=C(CCc1nc(-c2ccsc2)no1)NCc1ccc(Cl)cc1Cl. The third-order valence-corrected chi connectivity index (χ3v) is 4.57. The van der Waals surface area contributed by atoms with Gasteiger partial charge >= 0.3 is 0 Å². The predicted octanol–water partition coefficient (Wildman–Crippen LogP) is 4.35. The van der Waals surface area contributed by atoms with Crippen LogP contribution in [-0.2, 0) is 17.8 Å². The smallest absolute Gasteiger partial charge is 0.227 e. The van der Waals surface area contributed by atoms with E-state index in [-0.39, 0.29) is 12.3 Å². The Balaban J connectivity index is 1.49. The van der Waals surface area contributed by atoms with E-state index in [0.717, 1.165) is 11.1 Å². The summed E-state index contributed by atoms with van der Waals surface area (Å²) in [6.07, 6.45) is 0.647. The normalized spacial score (nSPS) is 10.8. The van der Waals surface area contributed by atoms with Crippen LogP contribution in [0.4, 0.5) is 0 Å². The fourth-order valence-electron chi connectivity index (χ4n) is 2.03. The average molecular weight is 382 g/mol. The number of carbonyl (C=O) groups excluding carboxylic acids is 1. The number of benzene rings is 1. The molecule has 1 aromatic carbocycles. The highest BCUT2D eigenvalue weighted by Gasteiger charge is 2.11. The van der Waals surface area contributed by atoms with Crippen molar-refractivity contribution in [1.82, 2.24) is 15.5 Å². The summed E-state index contributed by atoms with van der Waals surface area (Å²) in [5.41, 5.74) is 1.73. The first-order chi connectivity index (χ1) is 11.6. The molecule has 0 saturated heterocycles. The third kappa shape index (κ3) is 4.35. The lowest BCUT2D eigenvalue weighted by Gasteiger charge is -2.06. The molecule has 1 amide bonds. The number of aryl methyl sites for hydroxylation is 1. The molecule has 0 spiro atoms. The molecule has 0 fully saturated rings. The van der Waals surface area contributed by atoms with Gasteiger partial charge < -0.3 is 9.84 Å². The third-order valence-electron chi connectivity index (χ3n) is 3.30. The molecule has 8 heteroatoms. The second kappa shape index (κ2) is 7.79. The summed E-state index contributed by atoms with van der Waals surface area (Å²) in [7, 11) is 0. The van der Waals surface area contributed by atoms with Gasteiger partial charge in [-0.3, -0.25) is 4.79 Å². The maximum atomic E-state index is 11.9. The molecule has 2 heterocycles. The molecule has 5 nitrogen and oxygen atoms in total. The van der Waals surface area contributed by atoms with E-state index in [9.17, 15) is 4.79 Å². The first-order valence-electron chi connectivity index (χ1n) is 7.17. The van der Waals surface area contributed by atoms with E-state index >= 15 is 0 Å². The Labute approximate surface area is 152 Å². The summed E-state index contributed by atoms with van der Waals surface area (Å²) in [6.45, 7) is 0.346. The van der Waals surface area contributed by atoms with Crippen molar-refractivity contribution >= 4 is 40.4 Å². The molecule has 124 valence electrons. The number of aromatic nitrogens is 2. The molecule has 0 saturated carbocycles. The Hall–Kier alpha value is -1.89. The molecule has 1 N–H and O–H groups in total. The molecule has 0 bridgehead atoms. The zero-order valence-corrected chi connectivity index (χ0v) is 14.8. The van der Waals surface area contributed by atoms with E-state index in [1.54, 1.807) is 29.5 Å². The quantitative estimate of drug-likeness (QED) is 0.688. The van der Waals surface area contributed by atoms with Gasteiger partial charge in [-0.25, -0.2) is 0 Å². The standard InChI is InChI=1S/C16H13Cl2N3O2S/c17-12-2-1-10(13(18)7-12)8-19-14(22)3-4-15-20-16(21-23-15)11-5-6-24-9-11/h1-2,5-7,9H,3-4,8H2,(H,19,22). The zero-order chi connectivity index (χ0) is 16.9. The van der Waals surface area contributed by atoms with Crippen LogP contribution in [-0.4, -0.2) is 16.0 Å². The van der Waals surface area contributed by atoms with Crippen LogP contribution in [0.15, 0.2) is 39.5 Å². The summed E-state index contributed by atoms with van der Waals surface area (Å²) in [6, 6.07) is 7.09. The number of hydrogen-bond donors (Lipinski definition) is 1. The minimum atomic E-state index is -0.115. The summed E-state index contributed by atoms with van der Waals surface area (Å²) in [5, 5.41) is 11.7. The minimum absolute atomic E-state index is 0.115. The van der Waals surface area contributed by atoms with Gasteiger partial charge in [0.25, 0.3) is 0 Å². The molecule has 2 aromatic heterocycles. The van der Waals surface area contributed by atoms with E-state index in [0.29, 0.717) is 34.7 Å². The number of nitrogens with zero attached hydrogens (tertiary/aromatic N) is 2. The van der Waals surface area contributed by atoms with Crippen LogP contribution in [0.1, 0.15) is 17.9 Å². The second-order valence-corrected chi connectivity index (χ2v) is 6.66. The van der Waals surface area contributed by atoms with E-state index in [4.69, 9.17) is 27.7 Å². The van der Waals surface area contributed by atoms with Crippen molar-refractivity contribution in [2.24, 2.45) is 0 Å². The molecule has 0 radical (unpaired) electrons. The van der Waals surface area contributed by atoms with Gasteiger partial charge in [0.2, 0.25) is 17.6 Å². The number of hydrogen-bond acceptors (Lipinski definition) is 5. The van der Waals surface area contributed by atoms with Gasteiger partial charge in [-0.05, 0) is 29.1 Å². The lowest BCUT2D eigenvalue weighted by molar-refractivity contribution is -0.121. The van der Waals surface area contributed by atoms with Gasteiger partial charge in [0, 0.05) is 40.4 Å². The van der Waals surface area contributed by atoms with Gasteiger partial charge in [0.1, 0.15) is 0 Å². The summed E-state index contributed by atoms with van der Waals surface area (Å²) in [4.78, 5) is 16.2. The van der Waals surface area contributed by atoms with Crippen molar-refractivity contribution < 1.29 is 9.32 Å². The fourth-order valence-corrected chi connectivity index (χ4v) is 3.14. The maximum absolute atomic E-state index is 11.9. The molecular weight excluding hydrogens is 369 g/mol. The number of nitrogens with one attached hydrogen (secondary N) is 1. The van der Waals surface area contributed by atoms with Gasteiger partial charge in [0.15, 0.2) is 0 Å². The highest BCUT2D eigenvalue weighted by atomic mass is 35.5. The van der Waals surface area contributed by atoms with Gasteiger partial charge in [-0.15, -0.1) is 0 Å². The first-order valence-corrected chi connectivity index (χ1v) is 8.87. The highest BCUT2D eigenvalue weighted by molar-refractivity contribution is 7.08. The van der Waals surface area contributed by atoms with Gasteiger partial charge in [-0.1, -0.05) is 34.4 Å². The van der Waals surface area contributed by atoms with Crippen LogP contribution < -0.4 is 5.32 Å².